The number of hydrogen-bond acceptors (Lipinski definition) is 4. The van der Waals surface area contributed by atoms with Crippen LogP contribution in [0.3, 0.4) is 0 Å². The highest BCUT2D eigenvalue weighted by molar-refractivity contribution is 5.33. The maximum Gasteiger partial charge on any atom is 0.310 e. The first-order valence-electron chi connectivity index (χ1n) is 4.63. The zero-order valence-electron chi connectivity index (χ0n) is 9.10. The van der Waals surface area contributed by atoms with Crippen LogP contribution in [0.4, 0.5) is 5.69 Å². The van der Waals surface area contributed by atoms with E-state index in [-0.39, 0.29) is 17.7 Å². The van der Waals surface area contributed by atoms with Crippen molar-refractivity contribution in [2.24, 2.45) is 12.5 Å². The fraction of sp³-hybridized carbons (Fsp3) is 0.667. The van der Waals surface area contributed by atoms with Crippen molar-refractivity contribution < 1.29 is 10.0 Å². The highest BCUT2D eigenvalue weighted by Crippen LogP contribution is 2.26. The Morgan fingerprint density at radius 3 is 2.73 bits per heavy atom. The topological polar surface area (TPSA) is 81.2 Å². The molecule has 0 saturated carbocycles. The molecular weight excluding hydrogens is 198 g/mol. The molecule has 1 heterocycles. The second-order valence-electron chi connectivity index (χ2n) is 4.36. The fourth-order valence-corrected chi connectivity index (χ4v) is 1.32. The van der Waals surface area contributed by atoms with Crippen molar-refractivity contribution in [2.45, 2.75) is 20.3 Å². The molecule has 0 atom stereocenters. The minimum absolute atomic E-state index is 0.0130. The van der Waals surface area contributed by atoms with E-state index in [2.05, 4.69) is 5.10 Å². The third-order valence-electron chi connectivity index (χ3n) is 2.31. The van der Waals surface area contributed by atoms with Crippen LogP contribution in [-0.4, -0.2) is 26.4 Å². The number of aromatic nitrogens is 2. The van der Waals surface area contributed by atoms with Crippen LogP contribution in [0.1, 0.15) is 19.5 Å². The van der Waals surface area contributed by atoms with E-state index < -0.39 is 4.92 Å². The molecule has 1 N–H and O–H groups in total. The van der Waals surface area contributed by atoms with E-state index in [9.17, 15) is 10.1 Å². The lowest BCUT2D eigenvalue weighted by Crippen LogP contribution is -2.22. The lowest BCUT2D eigenvalue weighted by atomic mass is 9.88. The Labute approximate surface area is 87.7 Å². The summed E-state index contributed by atoms with van der Waals surface area (Å²) >= 11 is 0. The lowest BCUT2D eigenvalue weighted by Gasteiger charge is -2.20. The summed E-state index contributed by atoms with van der Waals surface area (Å²) in [6.07, 6.45) is 1.67. The summed E-state index contributed by atoms with van der Waals surface area (Å²) < 4.78 is 1.48. The molecule has 0 aliphatic rings. The predicted molar refractivity (Wildman–Crippen MR) is 54.4 cm³/mol. The van der Waals surface area contributed by atoms with Crippen LogP contribution >= 0.6 is 0 Å². The Kier molecular flexibility index (Phi) is 3.09. The summed E-state index contributed by atoms with van der Waals surface area (Å²) in [6, 6.07) is 0. The highest BCUT2D eigenvalue weighted by Gasteiger charge is 2.26. The number of aryl methyl sites for hydroxylation is 1. The van der Waals surface area contributed by atoms with Crippen LogP contribution in [0.5, 0.6) is 0 Å². The first-order chi connectivity index (χ1) is 6.87. The summed E-state index contributed by atoms with van der Waals surface area (Å²) in [4.78, 5) is 10.3. The van der Waals surface area contributed by atoms with Gasteiger partial charge in [-0.1, -0.05) is 13.8 Å². The zero-order valence-corrected chi connectivity index (χ0v) is 9.10. The molecule has 0 aromatic carbocycles. The molecular formula is C9H15N3O3. The minimum Gasteiger partial charge on any atom is -0.396 e. The van der Waals surface area contributed by atoms with Gasteiger partial charge in [0.1, 0.15) is 11.9 Å². The van der Waals surface area contributed by atoms with Crippen molar-refractivity contribution in [1.29, 1.82) is 0 Å². The first-order valence-corrected chi connectivity index (χ1v) is 4.63. The molecule has 0 spiro atoms. The van der Waals surface area contributed by atoms with Crippen LogP contribution in [0.2, 0.25) is 0 Å². The fourth-order valence-electron chi connectivity index (χ4n) is 1.32. The second-order valence-corrected chi connectivity index (χ2v) is 4.36. The Hall–Kier alpha value is -1.43. The van der Waals surface area contributed by atoms with Gasteiger partial charge in [-0.25, -0.2) is 0 Å². The molecule has 0 aliphatic heterocycles. The van der Waals surface area contributed by atoms with Gasteiger partial charge >= 0.3 is 5.69 Å². The molecule has 0 saturated heterocycles. The predicted octanol–water partition coefficient (Wildman–Crippen LogP) is 0.889. The Bertz CT molecular complexity index is 371. The summed E-state index contributed by atoms with van der Waals surface area (Å²) in [5.74, 6) is 0. The van der Waals surface area contributed by atoms with Gasteiger partial charge in [-0.2, -0.15) is 5.10 Å². The van der Waals surface area contributed by atoms with Crippen LogP contribution < -0.4 is 0 Å². The molecule has 0 aliphatic carbocycles. The van der Waals surface area contributed by atoms with Crippen molar-refractivity contribution in [1.82, 2.24) is 9.78 Å². The van der Waals surface area contributed by atoms with E-state index in [1.54, 1.807) is 7.05 Å². The van der Waals surface area contributed by atoms with E-state index >= 15 is 0 Å². The standard InChI is InChI=1S/C9H15N3O3/c1-9(2,6-13)4-7-8(12(14)15)5-10-11(7)3/h5,13H,4,6H2,1-3H3. The Morgan fingerprint density at radius 2 is 2.27 bits per heavy atom. The van der Waals surface area contributed by atoms with E-state index in [1.807, 2.05) is 13.8 Å². The Morgan fingerprint density at radius 1 is 1.67 bits per heavy atom. The quantitative estimate of drug-likeness (QED) is 0.594. The van der Waals surface area contributed by atoms with Gasteiger partial charge in [0.05, 0.1) is 4.92 Å². The van der Waals surface area contributed by atoms with Crippen LogP contribution in [0, 0.1) is 15.5 Å². The second kappa shape index (κ2) is 3.98. The number of aliphatic hydroxyl groups excluding tert-OH is 1. The molecule has 6 nitrogen and oxygen atoms in total. The van der Waals surface area contributed by atoms with Gasteiger partial charge in [0, 0.05) is 20.1 Å². The van der Waals surface area contributed by atoms with Crippen LogP contribution in [0.25, 0.3) is 0 Å². The van der Waals surface area contributed by atoms with Crippen LogP contribution in [-0.2, 0) is 13.5 Å². The van der Waals surface area contributed by atoms with Crippen molar-refractivity contribution in [3.8, 4) is 0 Å². The summed E-state index contributed by atoms with van der Waals surface area (Å²) in [5, 5.41) is 23.7. The van der Waals surface area contributed by atoms with Crippen molar-refractivity contribution >= 4 is 5.69 Å². The molecule has 0 fully saturated rings. The SMILES string of the molecule is Cn1ncc([N+](=O)[O-])c1CC(C)(C)CO. The maximum absolute atomic E-state index is 10.7. The zero-order chi connectivity index (χ0) is 11.6. The van der Waals surface area contributed by atoms with E-state index in [1.165, 1.54) is 10.9 Å². The first kappa shape index (κ1) is 11.6. The number of nitro groups is 1. The number of nitrogens with zero attached hydrogens (tertiary/aromatic N) is 3. The lowest BCUT2D eigenvalue weighted by molar-refractivity contribution is -0.385. The number of rotatable bonds is 4. The number of aliphatic hydroxyl groups is 1. The third-order valence-corrected chi connectivity index (χ3v) is 2.31. The Balaban J connectivity index is 3.03. The van der Waals surface area contributed by atoms with Gasteiger partial charge in [0.15, 0.2) is 0 Å². The smallest absolute Gasteiger partial charge is 0.310 e. The molecule has 15 heavy (non-hydrogen) atoms. The molecule has 1 aromatic heterocycles. The summed E-state index contributed by atoms with van der Waals surface area (Å²) in [6.45, 7) is 3.68. The molecule has 0 amide bonds. The molecule has 1 rings (SSSR count). The van der Waals surface area contributed by atoms with Gasteiger partial charge in [-0.05, 0) is 5.41 Å². The van der Waals surface area contributed by atoms with Gasteiger partial charge in [0.25, 0.3) is 0 Å². The average Bonchev–Trinajstić information content (AvgIpc) is 2.48. The molecule has 0 bridgehead atoms. The van der Waals surface area contributed by atoms with Crippen molar-refractivity contribution in [3.63, 3.8) is 0 Å². The van der Waals surface area contributed by atoms with Gasteiger partial charge in [0.2, 0.25) is 0 Å². The third kappa shape index (κ3) is 2.53. The molecule has 0 unspecified atom stereocenters. The molecule has 84 valence electrons. The van der Waals surface area contributed by atoms with Crippen LogP contribution in [0.15, 0.2) is 6.20 Å². The number of hydrogen-bond donors (Lipinski definition) is 1. The normalized spacial score (nSPS) is 11.7. The summed E-state index contributed by atoms with van der Waals surface area (Å²) in [7, 11) is 1.66. The largest absolute Gasteiger partial charge is 0.396 e. The average molecular weight is 213 g/mol. The van der Waals surface area contributed by atoms with Crippen molar-refractivity contribution in [2.75, 3.05) is 6.61 Å². The van der Waals surface area contributed by atoms with E-state index in [0.717, 1.165) is 0 Å². The van der Waals surface area contributed by atoms with E-state index in [0.29, 0.717) is 12.1 Å². The minimum atomic E-state index is -0.449. The molecule has 6 heteroatoms. The summed E-state index contributed by atoms with van der Waals surface area (Å²) in [5.41, 5.74) is 0.177. The monoisotopic (exact) mass is 213 g/mol. The molecule has 1 aromatic rings. The van der Waals surface area contributed by atoms with Gasteiger partial charge in [-0.15, -0.1) is 0 Å². The van der Waals surface area contributed by atoms with Crippen molar-refractivity contribution in [3.05, 3.63) is 22.0 Å². The maximum atomic E-state index is 10.7. The van der Waals surface area contributed by atoms with Gasteiger partial charge in [-0.3, -0.25) is 14.8 Å². The van der Waals surface area contributed by atoms with Gasteiger partial charge < -0.3 is 5.11 Å². The van der Waals surface area contributed by atoms with E-state index in [4.69, 9.17) is 5.11 Å². The molecule has 0 radical (unpaired) electrons. The highest BCUT2D eigenvalue weighted by atomic mass is 16.6.